The molecule has 1 aliphatic heterocycles. The number of ketones is 1. The molecule has 92 valence electrons. The fourth-order valence-corrected chi connectivity index (χ4v) is 2.54. The highest BCUT2D eigenvalue weighted by Gasteiger charge is 2.23. The third-order valence-electron chi connectivity index (χ3n) is 2.65. The predicted octanol–water partition coefficient (Wildman–Crippen LogP) is 2.66. The van der Waals surface area contributed by atoms with E-state index in [1.807, 2.05) is 0 Å². The molecule has 2 nitrogen and oxygen atoms in total. The normalized spacial score (nSPS) is 19.5. The van der Waals surface area contributed by atoms with Gasteiger partial charge in [-0.3, -0.25) is 4.79 Å². The van der Waals surface area contributed by atoms with Crippen LogP contribution in [0.2, 0.25) is 0 Å². The monoisotopic (exact) mass is 258 g/mol. The summed E-state index contributed by atoms with van der Waals surface area (Å²) in [6.07, 6.45) is 0.741. The number of carbonyl (C=O) groups is 1. The van der Waals surface area contributed by atoms with Crippen molar-refractivity contribution in [3.05, 3.63) is 29.8 Å². The quantitative estimate of drug-likeness (QED) is 0.777. The fraction of sp³-hybridized carbons (Fsp3) is 0.417. The standard InChI is InChI=1S/C12H12F2O2S/c13-9-1-2-12(10(14)5-9)17-7-11(15)8-3-4-16-6-8/h1-2,5,8H,3-4,6-7H2. The van der Waals surface area contributed by atoms with Crippen molar-refractivity contribution < 1.29 is 18.3 Å². The van der Waals surface area contributed by atoms with Crippen LogP contribution in [-0.4, -0.2) is 24.7 Å². The Kier molecular flexibility index (Phi) is 4.12. The lowest BCUT2D eigenvalue weighted by Crippen LogP contribution is -2.16. The zero-order valence-electron chi connectivity index (χ0n) is 9.12. The average Bonchev–Trinajstić information content (AvgIpc) is 2.81. The Morgan fingerprint density at radius 2 is 2.29 bits per heavy atom. The van der Waals surface area contributed by atoms with E-state index >= 15 is 0 Å². The fourth-order valence-electron chi connectivity index (χ4n) is 1.65. The Bertz CT molecular complexity index is 417. The molecule has 1 aromatic carbocycles. The summed E-state index contributed by atoms with van der Waals surface area (Å²) >= 11 is 1.10. The highest BCUT2D eigenvalue weighted by atomic mass is 32.2. The van der Waals surface area contributed by atoms with E-state index in [-0.39, 0.29) is 17.5 Å². The Hall–Kier alpha value is -0.940. The molecule has 2 rings (SSSR count). The topological polar surface area (TPSA) is 26.3 Å². The van der Waals surface area contributed by atoms with Gasteiger partial charge in [0.1, 0.15) is 17.4 Å². The van der Waals surface area contributed by atoms with Crippen molar-refractivity contribution in [3.63, 3.8) is 0 Å². The summed E-state index contributed by atoms with van der Waals surface area (Å²) in [5.41, 5.74) is 0. The Balaban J connectivity index is 1.90. The molecule has 0 radical (unpaired) electrons. The van der Waals surface area contributed by atoms with Crippen LogP contribution in [0, 0.1) is 17.6 Å². The lowest BCUT2D eigenvalue weighted by atomic mass is 10.1. The molecule has 0 saturated carbocycles. The van der Waals surface area contributed by atoms with Crippen molar-refractivity contribution in [2.24, 2.45) is 5.92 Å². The zero-order chi connectivity index (χ0) is 12.3. The minimum absolute atomic E-state index is 0.0639. The average molecular weight is 258 g/mol. The molecular weight excluding hydrogens is 246 g/mol. The van der Waals surface area contributed by atoms with Crippen molar-refractivity contribution in [2.75, 3.05) is 19.0 Å². The van der Waals surface area contributed by atoms with Gasteiger partial charge in [-0.2, -0.15) is 0 Å². The molecule has 0 amide bonds. The van der Waals surface area contributed by atoms with E-state index in [1.165, 1.54) is 12.1 Å². The van der Waals surface area contributed by atoms with Crippen LogP contribution in [-0.2, 0) is 9.53 Å². The molecule has 1 heterocycles. The third-order valence-corrected chi connectivity index (χ3v) is 3.72. The van der Waals surface area contributed by atoms with Gasteiger partial charge in [0.25, 0.3) is 0 Å². The third kappa shape index (κ3) is 3.26. The summed E-state index contributed by atoms with van der Waals surface area (Å²) in [5.74, 6) is -1.02. The van der Waals surface area contributed by atoms with Gasteiger partial charge in [-0.15, -0.1) is 11.8 Å². The van der Waals surface area contributed by atoms with Gasteiger partial charge in [0, 0.05) is 23.5 Å². The van der Waals surface area contributed by atoms with Gasteiger partial charge in [-0.1, -0.05) is 0 Å². The number of halogens is 2. The molecule has 0 aromatic heterocycles. The Morgan fingerprint density at radius 1 is 1.47 bits per heavy atom. The second kappa shape index (κ2) is 5.60. The van der Waals surface area contributed by atoms with Gasteiger partial charge in [0.15, 0.2) is 0 Å². The van der Waals surface area contributed by atoms with Gasteiger partial charge in [-0.05, 0) is 18.6 Å². The SMILES string of the molecule is O=C(CSc1ccc(F)cc1F)C1CCOC1. The number of thioether (sulfide) groups is 1. The maximum Gasteiger partial charge on any atom is 0.148 e. The molecule has 0 aliphatic carbocycles. The summed E-state index contributed by atoms with van der Waals surface area (Å²) in [4.78, 5) is 12.0. The number of hydrogen-bond donors (Lipinski definition) is 0. The van der Waals surface area contributed by atoms with E-state index in [4.69, 9.17) is 4.74 Å². The van der Waals surface area contributed by atoms with Crippen LogP contribution in [0.15, 0.2) is 23.1 Å². The van der Waals surface area contributed by atoms with E-state index in [9.17, 15) is 13.6 Å². The molecule has 5 heteroatoms. The number of benzene rings is 1. The van der Waals surface area contributed by atoms with Crippen molar-refractivity contribution in [3.8, 4) is 0 Å². The molecule has 1 unspecified atom stereocenters. The number of Topliss-reactive ketones (excluding diaryl/α,β-unsaturated/α-hetero) is 1. The molecule has 0 N–H and O–H groups in total. The highest BCUT2D eigenvalue weighted by Crippen LogP contribution is 2.24. The first-order chi connectivity index (χ1) is 8.16. The van der Waals surface area contributed by atoms with Crippen LogP contribution in [0.3, 0.4) is 0 Å². The van der Waals surface area contributed by atoms with Crippen molar-refractivity contribution >= 4 is 17.5 Å². The minimum atomic E-state index is -0.620. The minimum Gasteiger partial charge on any atom is -0.381 e. The second-order valence-electron chi connectivity index (χ2n) is 3.89. The van der Waals surface area contributed by atoms with Crippen molar-refractivity contribution in [1.29, 1.82) is 0 Å². The number of hydrogen-bond acceptors (Lipinski definition) is 3. The van der Waals surface area contributed by atoms with Gasteiger partial charge < -0.3 is 4.74 Å². The maximum atomic E-state index is 13.3. The molecule has 1 fully saturated rings. The lowest BCUT2D eigenvalue weighted by Gasteiger charge is -2.06. The van der Waals surface area contributed by atoms with E-state index < -0.39 is 11.6 Å². The lowest BCUT2D eigenvalue weighted by molar-refractivity contribution is -0.120. The van der Waals surface area contributed by atoms with Gasteiger partial charge in [0.05, 0.1) is 12.4 Å². The van der Waals surface area contributed by atoms with E-state index in [0.717, 1.165) is 24.2 Å². The number of carbonyl (C=O) groups excluding carboxylic acids is 1. The van der Waals surface area contributed by atoms with Gasteiger partial charge in [0.2, 0.25) is 0 Å². The number of ether oxygens (including phenoxy) is 1. The second-order valence-corrected chi connectivity index (χ2v) is 4.91. The maximum absolute atomic E-state index is 13.3. The zero-order valence-corrected chi connectivity index (χ0v) is 9.93. The summed E-state index contributed by atoms with van der Waals surface area (Å²) in [6, 6.07) is 3.37. The molecule has 1 aromatic rings. The van der Waals surface area contributed by atoms with Crippen LogP contribution >= 0.6 is 11.8 Å². The largest absolute Gasteiger partial charge is 0.381 e. The van der Waals surface area contributed by atoms with Gasteiger partial charge >= 0.3 is 0 Å². The highest BCUT2D eigenvalue weighted by molar-refractivity contribution is 8.00. The Morgan fingerprint density at radius 3 is 2.94 bits per heavy atom. The first-order valence-electron chi connectivity index (χ1n) is 5.35. The van der Waals surface area contributed by atoms with Crippen LogP contribution in [0.25, 0.3) is 0 Å². The van der Waals surface area contributed by atoms with Crippen molar-refractivity contribution in [2.45, 2.75) is 11.3 Å². The first-order valence-corrected chi connectivity index (χ1v) is 6.33. The van der Waals surface area contributed by atoms with E-state index in [1.54, 1.807) is 0 Å². The first kappa shape index (κ1) is 12.5. The molecule has 17 heavy (non-hydrogen) atoms. The van der Waals surface area contributed by atoms with Crippen LogP contribution < -0.4 is 0 Å². The van der Waals surface area contributed by atoms with Gasteiger partial charge in [-0.25, -0.2) is 8.78 Å². The molecule has 1 saturated heterocycles. The Labute approximate surface area is 102 Å². The summed E-state index contributed by atoms with van der Waals surface area (Å²) < 4.78 is 31.1. The summed E-state index contributed by atoms with van der Waals surface area (Å²) in [6.45, 7) is 1.08. The summed E-state index contributed by atoms with van der Waals surface area (Å²) in [7, 11) is 0. The molecule has 1 atom stereocenters. The predicted molar refractivity (Wildman–Crippen MR) is 61.0 cm³/mol. The van der Waals surface area contributed by atoms with E-state index in [2.05, 4.69) is 0 Å². The molecule has 0 bridgehead atoms. The van der Waals surface area contributed by atoms with E-state index in [0.29, 0.717) is 18.1 Å². The summed E-state index contributed by atoms with van der Waals surface area (Å²) in [5, 5.41) is 0. The molecule has 1 aliphatic rings. The smallest absolute Gasteiger partial charge is 0.148 e. The van der Waals surface area contributed by atoms with Crippen LogP contribution in [0.5, 0.6) is 0 Å². The number of rotatable bonds is 4. The molecule has 0 spiro atoms. The van der Waals surface area contributed by atoms with Crippen LogP contribution in [0.4, 0.5) is 8.78 Å². The van der Waals surface area contributed by atoms with Crippen molar-refractivity contribution in [1.82, 2.24) is 0 Å². The molecular formula is C12H12F2O2S. The van der Waals surface area contributed by atoms with Crippen LogP contribution in [0.1, 0.15) is 6.42 Å².